The zero-order valence-corrected chi connectivity index (χ0v) is 7.43. The van der Waals surface area contributed by atoms with Crippen LogP contribution in [0.2, 0.25) is 0 Å². The number of nitrogens with one attached hydrogen (secondary N) is 1. The maximum atomic E-state index is 12.3. The molecule has 2 rings (SSSR count). The molecule has 1 aromatic carbocycles. The van der Waals surface area contributed by atoms with Crippen LogP contribution in [-0.2, 0) is 6.18 Å². The van der Waals surface area contributed by atoms with Crippen molar-refractivity contribution in [3.8, 4) is 0 Å². The van der Waals surface area contributed by atoms with Crippen molar-refractivity contribution in [2.75, 3.05) is 0 Å². The largest absolute Gasteiger partial charge is 0.416 e. The molecular formula is C10H6F3NO. The number of fused-ring (bicyclic) bond motifs is 1. The molecule has 0 amide bonds. The van der Waals surface area contributed by atoms with Crippen molar-refractivity contribution in [2.45, 2.75) is 6.18 Å². The minimum Gasteiger partial charge on any atom is -0.329 e. The molecule has 0 aliphatic rings. The highest BCUT2D eigenvalue weighted by Gasteiger charge is 2.30. The van der Waals surface area contributed by atoms with Crippen LogP contribution in [0.25, 0.3) is 10.8 Å². The molecule has 0 atom stereocenters. The van der Waals surface area contributed by atoms with E-state index in [0.717, 1.165) is 12.1 Å². The monoisotopic (exact) mass is 213 g/mol. The van der Waals surface area contributed by atoms with Crippen LogP contribution < -0.4 is 5.56 Å². The van der Waals surface area contributed by atoms with Crippen LogP contribution in [0.5, 0.6) is 0 Å². The van der Waals surface area contributed by atoms with Gasteiger partial charge in [-0.15, -0.1) is 0 Å². The number of aromatic nitrogens is 1. The van der Waals surface area contributed by atoms with Crippen LogP contribution in [0.3, 0.4) is 0 Å². The normalized spacial score (nSPS) is 11.9. The summed E-state index contributed by atoms with van der Waals surface area (Å²) in [5.41, 5.74) is -1.33. The van der Waals surface area contributed by atoms with Crippen molar-refractivity contribution >= 4 is 10.8 Å². The van der Waals surface area contributed by atoms with E-state index in [2.05, 4.69) is 4.98 Å². The molecule has 0 bridgehead atoms. The van der Waals surface area contributed by atoms with E-state index in [9.17, 15) is 18.0 Å². The van der Waals surface area contributed by atoms with Gasteiger partial charge in [-0.3, -0.25) is 4.79 Å². The third-order valence-corrected chi connectivity index (χ3v) is 2.10. The van der Waals surface area contributed by atoms with Gasteiger partial charge in [0.15, 0.2) is 0 Å². The Bertz CT molecular complexity index is 556. The SMILES string of the molecule is O=c1[nH]ccc2ccc(C(F)(F)F)cc12. The van der Waals surface area contributed by atoms with Gasteiger partial charge in [-0.05, 0) is 23.6 Å². The predicted molar refractivity (Wildman–Crippen MR) is 49.6 cm³/mol. The third kappa shape index (κ3) is 1.72. The van der Waals surface area contributed by atoms with Crippen LogP contribution in [0.4, 0.5) is 13.2 Å². The summed E-state index contributed by atoms with van der Waals surface area (Å²) in [5.74, 6) is 0. The Morgan fingerprint density at radius 3 is 2.53 bits per heavy atom. The Labute approximate surface area is 82.4 Å². The van der Waals surface area contributed by atoms with E-state index in [1.165, 1.54) is 12.3 Å². The van der Waals surface area contributed by atoms with Crippen LogP contribution in [0.1, 0.15) is 5.56 Å². The van der Waals surface area contributed by atoms with Crippen LogP contribution in [0, 0.1) is 0 Å². The Hall–Kier alpha value is -1.78. The first kappa shape index (κ1) is 9.76. The van der Waals surface area contributed by atoms with Crippen molar-refractivity contribution < 1.29 is 13.2 Å². The molecule has 0 fully saturated rings. The van der Waals surface area contributed by atoms with Gasteiger partial charge < -0.3 is 4.98 Å². The highest BCUT2D eigenvalue weighted by Crippen LogP contribution is 2.30. The minimum atomic E-state index is -4.42. The van der Waals surface area contributed by atoms with E-state index in [1.807, 2.05) is 0 Å². The Kier molecular flexibility index (Phi) is 2.03. The second kappa shape index (κ2) is 3.12. The number of alkyl halides is 3. The molecular weight excluding hydrogens is 207 g/mol. The van der Waals surface area contributed by atoms with E-state index in [1.54, 1.807) is 6.07 Å². The molecule has 1 heterocycles. The van der Waals surface area contributed by atoms with E-state index < -0.39 is 17.3 Å². The standard InChI is InChI=1S/C10H6F3NO/c11-10(12,13)7-2-1-6-3-4-14-9(15)8(6)5-7/h1-5H,(H,14,15). The summed E-state index contributed by atoms with van der Waals surface area (Å²) < 4.78 is 37.0. The number of rotatable bonds is 0. The molecule has 1 aromatic heterocycles. The maximum absolute atomic E-state index is 12.3. The fraction of sp³-hybridized carbons (Fsp3) is 0.100. The summed E-state index contributed by atoms with van der Waals surface area (Å²) in [6, 6.07) is 4.65. The van der Waals surface area contributed by atoms with Crippen molar-refractivity contribution in [1.29, 1.82) is 0 Å². The first-order valence-electron chi connectivity index (χ1n) is 4.17. The van der Waals surface area contributed by atoms with Gasteiger partial charge in [-0.1, -0.05) is 6.07 Å². The molecule has 0 radical (unpaired) electrons. The summed E-state index contributed by atoms with van der Waals surface area (Å²) in [6.07, 6.45) is -3.02. The lowest BCUT2D eigenvalue weighted by Crippen LogP contribution is -2.08. The Balaban J connectivity index is 2.76. The second-order valence-electron chi connectivity index (χ2n) is 3.11. The van der Waals surface area contributed by atoms with Gasteiger partial charge in [0, 0.05) is 11.6 Å². The van der Waals surface area contributed by atoms with E-state index in [-0.39, 0.29) is 5.39 Å². The average Bonchev–Trinajstić information content (AvgIpc) is 2.16. The minimum absolute atomic E-state index is 0.0484. The molecule has 0 aliphatic heterocycles. The summed E-state index contributed by atoms with van der Waals surface area (Å²) in [6.45, 7) is 0. The number of H-pyrrole nitrogens is 1. The van der Waals surface area contributed by atoms with Crippen molar-refractivity contribution in [3.05, 3.63) is 46.4 Å². The average molecular weight is 213 g/mol. The highest BCUT2D eigenvalue weighted by atomic mass is 19.4. The lowest BCUT2D eigenvalue weighted by Gasteiger charge is -2.06. The number of aromatic amines is 1. The lowest BCUT2D eigenvalue weighted by atomic mass is 10.1. The summed E-state index contributed by atoms with van der Waals surface area (Å²) >= 11 is 0. The number of pyridine rings is 1. The number of hydrogen-bond donors (Lipinski definition) is 1. The quantitative estimate of drug-likeness (QED) is 0.716. The zero-order chi connectivity index (χ0) is 11.1. The number of benzene rings is 1. The van der Waals surface area contributed by atoms with Gasteiger partial charge >= 0.3 is 6.18 Å². The lowest BCUT2D eigenvalue weighted by molar-refractivity contribution is -0.137. The summed E-state index contributed by atoms with van der Waals surface area (Å²) in [7, 11) is 0. The fourth-order valence-corrected chi connectivity index (χ4v) is 1.36. The highest BCUT2D eigenvalue weighted by molar-refractivity contribution is 5.81. The summed E-state index contributed by atoms with van der Waals surface area (Å²) in [4.78, 5) is 13.6. The maximum Gasteiger partial charge on any atom is 0.416 e. The molecule has 5 heteroatoms. The summed E-state index contributed by atoms with van der Waals surface area (Å²) in [5, 5.41) is 0.541. The molecule has 2 aromatic rings. The van der Waals surface area contributed by atoms with E-state index in [4.69, 9.17) is 0 Å². The molecule has 0 saturated heterocycles. The van der Waals surface area contributed by atoms with Gasteiger partial charge in [0.2, 0.25) is 0 Å². The molecule has 2 nitrogen and oxygen atoms in total. The topological polar surface area (TPSA) is 32.9 Å². The third-order valence-electron chi connectivity index (χ3n) is 2.10. The predicted octanol–water partition coefficient (Wildman–Crippen LogP) is 2.55. The van der Waals surface area contributed by atoms with Crippen LogP contribution in [0.15, 0.2) is 35.3 Å². The Morgan fingerprint density at radius 1 is 1.13 bits per heavy atom. The Morgan fingerprint density at radius 2 is 1.87 bits per heavy atom. The second-order valence-corrected chi connectivity index (χ2v) is 3.11. The molecule has 1 N–H and O–H groups in total. The van der Waals surface area contributed by atoms with Crippen LogP contribution >= 0.6 is 0 Å². The van der Waals surface area contributed by atoms with Crippen molar-refractivity contribution in [2.24, 2.45) is 0 Å². The first-order valence-corrected chi connectivity index (χ1v) is 4.17. The molecule has 0 aliphatic carbocycles. The van der Waals surface area contributed by atoms with Gasteiger partial charge in [-0.2, -0.15) is 13.2 Å². The van der Waals surface area contributed by atoms with Crippen molar-refractivity contribution in [1.82, 2.24) is 4.98 Å². The fourth-order valence-electron chi connectivity index (χ4n) is 1.36. The smallest absolute Gasteiger partial charge is 0.329 e. The molecule has 0 saturated carbocycles. The molecule has 0 unspecified atom stereocenters. The number of hydrogen-bond acceptors (Lipinski definition) is 1. The molecule has 15 heavy (non-hydrogen) atoms. The van der Waals surface area contributed by atoms with Gasteiger partial charge in [-0.25, -0.2) is 0 Å². The van der Waals surface area contributed by atoms with Crippen LogP contribution in [-0.4, -0.2) is 4.98 Å². The van der Waals surface area contributed by atoms with E-state index >= 15 is 0 Å². The molecule has 0 spiro atoms. The number of halogens is 3. The molecule has 78 valence electrons. The van der Waals surface area contributed by atoms with Gasteiger partial charge in [0.1, 0.15) is 0 Å². The van der Waals surface area contributed by atoms with Gasteiger partial charge in [0.25, 0.3) is 5.56 Å². The van der Waals surface area contributed by atoms with E-state index in [0.29, 0.717) is 5.39 Å². The van der Waals surface area contributed by atoms with Crippen molar-refractivity contribution in [3.63, 3.8) is 0 Å². The zero-order valence-electron chi connectivity index (χ0n) is 7.43. The van der Waals surface area contributed by atoms with Gasteiger partial charge in [0.05, 0.1) is 5.56 Å². The first-order chi connectivity index (χ1) is 6.98.